The molecule has 98 valence electrons. The maximum atomic E-state index is 13.3. The first-order valence-corrected chi connectivity index (χ1v) is 5.99. The zero-order chi connectivity index (χ0) is 13.7. The Morgan fingerprint density at radius 1 is 1.44 bits per heavy atom. The van der Waals surface area contributed by atoms with Gasteiger partial charge in [0.2, 0.25) is 11.8 Å². The van der Waals surface area contributed by atoms with Crippen LogP contribution in [0.4, 0.5) is 14.5 Å². The van der Waals surface area contributed by atoms with Crippen LogP contribution in [0.5, 0.6) is 0 Å². The van der Waals surface area contributed by atoms with Crippen molar-refractivity contribution in [3.05, 3.63) is 28.8 Å². The van der Waals surface area contributed by atoms with Crippen molar-refractivity contribution in [3.63, 3.8) is 0 Å². The van der Waals surface area contributed by atoms with Crippen LogP contribution in [0.2, 0.25) is 5.02 Å². The van der Waals surface area contributed by atoms with Crippen LogP contribution >= 0.6 is 11.6 Å². The van der Waals surface area contributed by atoms with Crippen LogP contribution in [0.15, 0.2) is 18.2 Å². The number of rotatable bonds is 2. The second-order valence-corrected chi connectivity index (χ2v) is 5.54. The minimum Gasteiger partial charge on any atom is -0.314 e. The molecule has 0 aromatic heterocycles. The van der Waals surface area contributed by atoms with E-state index in [1.54, 1.807) is 32.2 Å². The molecule has 18 heavy (non-hydrogen) atoms. The first-order chi connectivity index (χ1) is 8.15. The highest BCUT2D eigenvalue weighted by Gasteiger charge is 2.50. The maximum absolute atomic E-state index is 13.3. The largest absolute Gasteiger partial charge is 0.314 e. The molecule has 1 atom stereocenters. The molecule has 1 unspecified atom stereocenters. The molecule has 0 radical (unpaired) electrons. The molecule has 0 bridgehead atoms. The summed E-state index contributed by atoms with van der Waals surface area (Å²) in [5.41, 5.74) is 0.00734. The van der Waals surface area contributed by atoms with E-state index in [2.05, 4.69) is 0 Å². The second-order valence-electron chi connectivity index (χ2n) is 5.10. The molecule has 1 heterocycles. The molecule has 1 aromatic rings. The fourth-order valence-corrected chi connectivity index (χ4v) is 2.80. The van der Waals surface area contributed by atoms with Crippen molar-refractivity contribution in [2.45, 2.75) is 31.6 Å². The number of benzene rings is 1. The topological polar surface area (TPSA) is 20.3 Å². The lowest BCUT2D eigenvalue weighted by atomic mass is 9.79. The molecule has 5 heteroatoms. The van der Waals surface area contributed by atoms with Gasteiger partial charge in [0, 0.05) is 24.2 Å². The molecule has 0 saturated carbocycles. The fourth-order valence-electron chi connectivity index (χ4n) is 2.63. The van der Waals surface area contributed by atoms with E-state index >= 15 is 0 Å². The van der Waals surface area contributed by atoms with Crippen molar-refractivity contribution in [1.29, 1.82) is 0 Å². The molecular formula is C13H14ClF2NO. The molecule has 0 N–H and O–H groups in total. The van der Waals surface area contributed by atoms with Crippen LogP contribution < -0.4 is 4.90 Å². The number of amides is 1. The zero-order valence-corrected chi connectivity index (χ0v) is 11.2. The van der Waals surface area contributed by atoms with Gasteiger partial charge < -0.3 is 4.90 Å². The van der Waals surface area contributed by atoms with Gasteiger partial charge in [-0.15, -0.1) is 0 Å². The van der Waals surface area contributed by atoms with Gasteiger partial charge in [-0.3, -0.25) is 4.79 Å². The van der Waals surface area contributed by atoms with Gasteiger partial charge >= 0.3 is 0 Å². The van der Waals surface area contributed by atoms with Crippen LogP contribution in [0.25, 0.3) is 0 Å². The predicted octanol–water partition coefficient (Wildman–Crippen LogP) is 3.62. The number of fused-ring (bicyclic) bond motifs is 1. The number of hydrogen-bond donors (Lipinski definition) is 0. The van der Waals surface area contributed by atoms with E-state index in [9.17, 15) is 13.6 Å². The van der Waals surface area contributed by atoms with Crippen LogP contribution in [-0.4, -0.2) is 18.9 Å². The van der Waals surface area contributed by atoms with Crippen molar-refractivity contribution in [2.75, 3.05) is 11.9 Å². The van der Waals surface area contributed by atoms with Crippen molar-refractivity contribution in [3.8, 4) is 0 Å². The second kappa shape index (κ2) is 3.92. The molecule has 2 nitrogen and oxygen atoms in total. The lowest BCUT2D eigenvalue weighted by Gasteiger charge is -2.26. The van der Waals surface area contributed by atoms with E-state index in [0.29, 0.717) is 16.3 Å². The molecule has 0 saturated heterocycles. The maximum Gasteiger partial charge on any atom is 0.246 e. The van der Waals surface area contributed by atoms with Crippen LogP contribution in [0, 0.1) is 0 Å². The molecule has 1 aliphatic heterocycles. The highest BCUT2D eigenvalue weighted by molar-refractivity contribution is 6.31. The average molecular weight is 274 g/mol. The Labute approximate surface area is 110 Å². The number of alkyl halides is 2. The van der Waals surface area contributed by atoms with Gasteiger partial charge in [0.05, 0.1) is 5.41 Å². The summed E-state index contributed by atoms with van der Waals surface area (Å²) in [6.07, 6.45) is -0.517. The normalized spacial score (nSPS) is 23.4. The Hall–Kier alpha value is -1.16. The Bertz CT molecular complexity index is 512. The summed E-state index contributed by atoms with van der Waals surface area (Å²) in [5, 5.41) is 0.447. The Balaban J connectivity index is 2.57. The Morgan fingerprint density at radius 3 is 2.61 bits per heavy atom. The third-order valence-corrected chi connectivity index (χ3v) is 3.59. The Morgan fingerprint density at radius 2 is 2.06 bits per heavy atom. The number of carbonyl (C=O) groups is 1. The molecular weight excluding hydrogens is 260 g/mol. The summed E-state index contributed by atoms with van der Waals surface area (Å²) in [6, 6.07) is 4.94. The molecule has 0 spiro atoms. The van der Waals surface area contributed by atoms with E-state index < -0.39 is 17.8 Å². The van der Waals surface area contributed by atoms with Crippen molar-refractivity contribution in [2.24, 2.45) is 0 Å². The van der Waals surface area contributed by atoms with E-state index in [1.807, 2.05) is 0 Å². The summed E-state index contributed by atoms with van der Waals surface area (Å²) < 4.78 is 26.6. The van der Waals surface area contributed by atoms with Gasteiger partial charge in [-0.25, -0.2) is 8.78 Å². The highest BCUT2D eigenvalue weighted by atomic mass is 35.5. The summed E-state index contributed by atoms with van der Waals surface area (Å²) in [5.74, 6) is -3.23. The smallest absolute Gasteiger partial charge is 0.246 e. The van der Waals surface area contributed by atoms with Gasteiger partial charge in [-0.2, -0.15) is 0 Å². The fraction of sp³-hybridized carbons (Fsp3) is 0.462. The minimum atomic E-state index is -2.91. The van der Waals surface area contributed by atoms with Crippen LogP contribution in [-0.2, 0) is 10.2 Å². The number of hydrogen-bond acceptors (Lipinski definition) is 1. The quantitative estimate of drug-likeness (QED) is 0.806. The van der Waals surface area contributed by atoms with Gasteiger partial charge in [0.25, 0.3) is 0 Å². The molecule has 1 aromatic carbocycles. The van der Waals surface area contributed by atoms with Crippen LogP contribution in [0.3, 0.4) is 0 Å². The van der Waals surface area contributed by atoms with Gasteiger partial charge in [0.1, 0.15) is 0 Å². The monoisotopic (exact) mass is 273 g/mol. The third-order valence-electron chi connectivity index (χ3n) is 3.36. The first kappa shape index (κ1) is 13.3. The van der Waals surface area contributed by atoms with Crippen molar-refractivity contribution in [1.82, 2.24) is 0 Å². The predicted molar refractivity (Wildman–Crippen MR) is 67.5 cm³/mol. The van der Waals surface area contributed by atoms with Crippen molar-refractivity contribution < 1.29 is 13.6 Å². The number of halogens is 3. The minimum absolute atomic E-state index is 0.318. The molecule has 0 fully saturated rings. The average Bonchev–Trinajstić information content (AvgIpc) is 2.39. The SMILES string of the molecule is CN1C(=O)C(C)(CC(C)(F)F)c2cc(Cl)ccc21. The van der Waals surface area contributed by atoms with E-state index in [4.69, 9.17) is 11.6 Å². The van der Waals surface area contributed by atoms with E-state index in [0.717, 1.165) is 6.92 Å². The number of carbonyl (C=O) groups excluding carboxylic acids is 1. The van der Waals surface area contributed by atoms with Crippen LogP contribution in [0.1, 0.15) is 25.8 Å². The third kappa shape index (κ3) is 1.99. The first-order valence-electron chi connectivity index (χ1n) is 5.61. The molecule has 2 rings (SSSR count). The van der Waals surface area contributed by atoms with Gasteiger partial charge in [-0.05, 0) is 37.6 Å². The summed E-state index contributed by atoms with van der Waals surface area (Å²) in [4.78, 5) is 13.6. The number of nitrogens with zero attached hydrogens (tertiary/aromatic N) is 1. The lowest BCUT2D eigenvalue weighted by Crippen LogP contribution is -2.39. The standard InChI is InChI=1S/C13H14ClF2NO/c1-12(7-13(2,15)16)9-6-8(14)4-5-10(9)17(3)11(12)18/h4-6H,7H2,1-3H3. The van der Waals surface area contributed by atoms with E-state index in [1.165, 1.54) is 4.90 Å². The van der Waals surface area contributed by atoms with Gasteiger partial charge in [-0.1, -0.05) is 11.6 Å². The molecule has 1 aliphatic rings. The molecule has 0 aliphatic carbocycles. The number of anilines is 1. The van der Waals surface area contributed by atoms with Gasteiger partial charge in [0.15, 0.2) is 0 Å². The lowest BCUT2D eigenvalue weighted by molar-refractivity contribution is -0.125. The summed E-state index contributed by atoms with van der Waals surface area (Å²) >= 11 is 5.90. The molecule has 1 amide bonds. The summed E-state index contributed by atoms with van der Waals surface area (Å²) in [6.45, 7) is 2.37. The van der Waals surface area contributed by atoms with Crippen molar-refractivity contribution >= 4 is 23.2 Å². The Kier molecular flexibility index (Phi) is 2.89. The highest BCUT2D eigenvalue weighted by Crippen LogP contribution is 2.47. The summed E-state index contributed by atoms with van der Waals surface area (Å²) in [7, 11) is 1.59. The number of likely N-dealkylation sites (N-methyl/N-ethyl adjacent to an activating group) is 1. The zero-order valence-electron chi connectivity index (χ0n) is 10.4. The van der Waals surface area contributed by atoms with E-state index in [-0.39, 0.29) is 5.91 Å².